The van der Waals surface area contributed by atoms with Gasteiger partial charge in [-0.3, -0.25) is 14.9 Å². The van der Waals surface area contributed by atoms with Crippen LogP contribution in [0.1, 0.15) is 6.92 Å². The molecule has 1 heterocycles. The smallest absolute Gasteiger partial charge is 0.288 e. The number of hydrogen-bond donors (Lipinski definition) is 2. The summed E-state index contributed by atoms with van der Waals surface area (Å²) in [7, 11) is 0. The molecule has 0 saturated carbocycles. The van der Waals surface area contributed by atoms with Crippen LogP contribution in [0, 0.1) is 22.0 Å². The first-order valence-electron chi connectivity index (χ1n) is 5.94. The number of halogens is 1. The van der Waals surface area contributed by atoms with Crippen LogP contribution in [-0.2, 0) is 4.79 Å². The number of nitro benzene ring substituents is 1. The summed E-state index contributed by atoms with van der Waals surface area (Å²) in [6, 6.07) is 4.16. The van der Waals surface area contributed by atoms with Gasteiger partial charge in [-0.15, -0.1) is 0 Å². The minimum atomic E-state index is -0.559. The first-order chi connectivity index (χ1) is 8.99. The summed E-state index contributed by atoms with van der Waals surface area (Å²) >= 11 is 5.79. The fourth-order valence-electron chi connectivity index (χ4n) is 1.87. The molecule has 1 saturated heterocycles. The average molecular weight is 284 g/mol. The van der Waals surface area contributed by atoms with Crippen LogP contribution >= 0.6 is 11.6 Å². The zero-order valence-electron chi connectivity index (χ0n) is 10.4. The maximum Gasteiger partial charge on any atom is 0.288 e. The van der Waals surface area contributed by atoms with Crippen molar-refractivity contribution in [3.05, 3.63) is 33.3 Å². The van der Waals surface area contributed by atoms with E-state index in [9.17, 15) is 14.9 Å². The fraction of sp³-hybridized carbons (Fsp3) is 0.417. The minimum absolute atomic E-state index is 0.0146. The molecule has 1 unspecified atom stereocenters. The Balaban J connectivity index is 2.04. The van der Waals surface area contributed by atoms with Crippen molar-refractivity contribution in [2.75, 3.05) is 18.4 Å². The van der Waals surface area contributed by atoms with Gasteiger partial charge in [0.1, 0.15) is 5.02 Å². The Labute approximate surface area is 115 Å². The molecule has 1 aromatic carbocycles. The van der Waals surface area contributed by atoms with E-state index in [1.807, 2.05) is 6.92 Å². The van der Waals surface area contributed by atoms with Crippen LogP contribution in [0.25, 0.3) is 0 Å². The van der Waals surface area contributed by atoms with Crippen LogP contribution in [-0.4, -0.2) is 23.9 Å². The normalized spacial score (nSPS) is 16.5. The molecule has 1 atom stereocenters. The van der Waals surface area contributed by atoms with Gasteiger partial charge in [0.05, 0.1) is 4.92 Å². The summed E-state index contributed by atoms with van der Waals surface area (Å²) in [5.74, 6) is 0.139. The third-order valence-electron chi connectivity index (χ3n) is 3.35. The molecule has 102 valence electrons. The molecule has 1 aromatic rings. The number of amides is 1. The summed E-state index contributed by atoms with van der Waals surface area (Å²) in [6.45, 7) is 3.55. The predicted molar refractivity (Wildman–Crippen MR) is 72.3 cm³/mol. The molecule has 0 bridgehead atoms. The van der Waals surface area contributed by atoms with Gasteiger partial charge in [0, 0.05) is 17.7 Å². The second-order valence-electron chi connectivity index (χ2n) is 4.62. The van der Waals surface area contributed by atoms with Crippen molar-refractivity contribution in [3.63, 3.8) is 0 Å². The monoisotopic (exact) mass is 283 g/mol. The molecular formula is C12H14ClN3O3. The number of benzene rings is 1. The largest absolute Gasteiger partial charge is 0.326 e. The maximum atomic E-state index is 12.0. The Kier molecular flexibility index (Phi) is 4.01. The molecule has 0 radical (unpaired) electrons. The van der Waals surface area contributed by atoms with Crippen LogP contribution in [0.2, 0.25) is 5.02 Å². The van der Waals surface area contributed by atoms with Gasteiger partial charge in [-0.05, 0) is 31.1 Å². The highest BCUT2D eigenvalue weighted by molar-refractivity contribution is 6.33. The van der Waals surface area contributed by atoms with Crippen LogP contribution in [0.3, 0.4) is 0 Å². The zero-order chi connectivity index (χ0) is 14.0. The van der Waals surface area contributed by atoms with Crippen LogP contribution in [0.15, 0.2) is 18.2 Å². The molecule has 7 heteroatoms. The summed E-state index contributed by atoms with van der Waals surface area (Å²) in [5.41, 5.74) is 0.302. The standard InChI is InChI=1S/C12H14ClN3O3/c1-7(8-5-14-6-8)12(17)15-9-2-3-11(16(18)19)10(13)4-9/h2-4,7-8,14H,5-6H2,1H3,(H,15,17). The van der Waals surface area contributed by atoms with E-state index >= 15 is 0 Å². The molecule has 6 nitrogen and oxygen atoms in total. The first kappa shape index (κ1) is 13.8. The van der Waals surface area contributed by atoms with E-state index in [-0.39, 0.29) is 22.5 Å². The van der Waals surface area contributed by atoms with Gasteiger partial charge >= 0.3 is 0 Å². The lowest BCUT2D eigenvalue weighted by atomic mass is 9.88. The summed E-state index contributed by atoms with van der Waals surface area (Å²) in [5, 5.41) is 16.5. The lowest BCUT2D eigenvalue weighted by Gasteiger charge is -2.31. The number of carbonyl (C=O) groups is 1. The second-order valence-corrected chi connectivity index (χ2v) is 5.03. The number of hydrogen-bond acceptors (Lipinski definition) is 4. The summed E-state index contributed by atoms with van der Waals surface area (Å²) in [4.78, 5) is 22.0. The Hall–Kier alpha value is -1.66. The van der Waals surface area contributed by atoms with E-state index in [0.29, 0.717) is 11.6 Å². The van der Waals surface area contributed by atoms with Gasteiger partial charge < -0.3 is 10.6 Å². The van der Waals surface area contributed by atoms with Crippen molar-refractivity contribution in [2.45, 2.75) is 6.92 Å². The van der Waals surface area contributed by atoms with Crippen LogP contribution in [0.5, 0.6) is 0 Å². The Morgan fingerprint density at radius 2 is 2.26 bits per heavy atom. The zero-order valence-corrected chi connectivity index (χ0v) is 11.1. The molecule has 1 amide bonds. The SMILES string of the molecule is CC(C(=O)Nc1ccc([N+](=O)[O-])c(Cl)c1)C1CNC1. The van der Waals surface area contributed by atoms with Gasteiger partial charge in [0.15, 0.2) is 0 Å². The van der Waals surface area contributed by atoms with Crippen molar-refractivity contribution in [1.29, 1.82) is 0 Å². The second kappa shape index (κ2) is 5.54. The molecule has 2 N–H and O–H groups in total. The number of nitro groups is 1. The van der Waals surface area contributed by atoms with E-state index in [2.05, 4.69) is 10.6 Å². The van der Waals surface area contributed by atoms with Crippen molar-refractivity contribution >= 4 is 28.9 Å². The van der Waals surface area contributed by atoms with E-state index < -0.39 is 4.92 Å². The van der Waals surface area contributed by atoms with Crippen molar-refractivity contribution in [2.24, 2.45) is 11.8 Å². The fourth-order valence-corrected chi connectivity index (χ4v) is 2.12. The highest BCUT2D eigenvalue weighted by Crippen LogP contribution is 2.27. The highest BCUT2D eigenvalue weighted by Gasteiger charge is 2.28. The minimum Gasteiger partial charge on any atom is -0.326 e. The first-order valence-corrected chi connectivity index (χ1v) is 6.32. The Morgan fingerprint density at radius 1 is 1.58 bits per heavy atom. The molecule has 0 aromatic heterocycles. The summed E-state index contributed by atoms with van der Waals surface area (Å²) in [6.07, 6.45) is 0. The third-order valence-corrected chi connectivity index (χ3v) is 3.65. The molecule has 1 aliphatic heterocycles. The molecule has 0 aliphatic carbocycles. The van der Waals surface area contributed by atoms with Crippen LogP contribution in [0.4, 0.5) is 11.4 Å². The molecule has 1 aliphatic rings. The van der Waals surface area contributed by atoms with Gasteiger partial charge in [0.25, 0.3) is 5.69 Å². The lowest BCUT2D eigenvalue weighted by Crippen LogP contribution is -2.48. The lowest BCUT2D eigenvalue weighted by molar-refractivity contribution is -0.384. The van der Waals surface area contributed by atoms with E-state index in [4.69, 9.17) is 11.6 Å². The molecule has 0 spiro atoms. The van der Waals surface area contributed by atoms with E-state index in [1.165, 1.54) is 18.2 Å². The maximum absolute atomic E-state index is 12.0. The molecule has 19 heavy (non-hydrogen) atoms. The molecule has 1 fully saturated rings. The van der Waals surface area contributed by atoms with Gasteiger partial charge in [0.2, 0.25) is 5.91 Å². The average Bonchev–Trinajstić information content (AvgIpc) is 2.25. The number of nitrogens with zero attached hydrogens (tertiary/aromatic N) is 1. The summed E-state index contributed by atoms with van der Waals surface area (Å²) < 4.78 is 0. The third kappa shape index (κ3) is 3.02. The molecular weight excluding hydrogens is 270 g/mol. The van der Waals surface area contributed by atoms with Crippen LogP contribution < -0.4 is 10.6 Å². The number of rotatable bonds is 4. The van der Waals surface area contributed by atoms with Gasteiger partial charge in [-0.2, -0.15) is 0 Å². The quantitative estimate of drug-likeness (QED) is 0.654. The Bertz CT molecular complexity index is 517. The number of nitrogens with one attached hydrogen (secondary N) is 2. The van der Waals surface area contributed by atoms with Gasteiger partial charge in [-0.1, -0.05) is 18.5 Å². The van der Waals surface area contributed by atoms with Crippen molar-refractivity contribution in [1.82, 2.24) is 5.32 Å². The number of anilines is 1. The molecule has 2 rings (SSSR count). The Morgan fingerprint density at radius 3 is 2.74 bits per heavy atom. The predicted octanol–water partition coefficient (Wildman–Crippen LogP) is 2.04. The highest BCUT2D eigenvalue weighted by atomic mass is 35.5. The van der Waals surface area contributed by atoms with Crippen molar-refractivity contribution in [3.8, 4) is 0 Å². The van der Waals surface area contributed by atoms with E-state index in [1.54, 1.807) is 0 Å². The van der Waals surface area contributed by atoms with E-state index in [0.717, 1.165) is 13.1 Å². The number of carbonyl (C=O) groups excluding carboxylic acids is 1. The topological polar surface area (TPSA) is 84.3 Å². The van der Waals surface area contributed by atoms with Crippen molar-refractivity contribution < 1.29 is 9.72 Å². The van der Waals surface area contributed by atoms with Gasteiger partial charge in [-0.25, -0.2) is 0 Å².